The van der Waals surface area contributed by atoms with Gasteiger partial charge in [-0.15, -0.1) is 0 Å². The molecule has 0 spiro atoms. The molecular formula is C12H14N4OS. The van der Waals surface area contributed by atoms with Crippen molar-refractivity contribution in [3.05, 3.63) is 46.5 Å². The lowest BCUT2D eigenvalue weighted by Crippen LogP contribution is -2.12. The van der Waals surface area contributed by atoms with Gasteiger partial charge in [0.15, 0.2) is 5.16 Å². The number of H-pyrrole nitrogens is 1. The Morgan fingerprint density at radius 1 is 1.33 bits per heavy atom. The van der Waals surface area contributed by atoms with Crippen LogP contribution in [-0.2, 0) is 0 Å². The molecule has 2 N–H and O–H groups in total. The Labute approximate surface area is 109 Å². The van der Waals surface area contributed by atoms with Crippen molar-refractivity contribution in [1.29, 1.82) is 0 Å². The summed E-state index contributed by atoms with van der Waals surface area (Å²) in [4.78, 5) is 22.2. The molecule has 5 nitrogen and oxygen atoms in total. The molecular weight excluding hydrogens is 248 g/mol. The molecule has 0 saturated carbocycles. The van der Waals surface area contributed by atoms with Crippen molar-refractivity contribution in [2.75, 3.05) is 7.05 Å². The number of nitrogens with one attached hydrogen (secondary N) is 2. The zero-order valence-electron chi connectivity index (χ0n) is 10.2. The molecule has 1 unspecified atom stereocenters. The molecule has 0 saturated heterocycles. The van der Waals surface area contributed by atoms with Crippen LogP contribution in [0.25, 0.3) is 0 Å². The molecule has 1 atom stereocenters. The monoisotopic (exact) mass is 262 g/mol. The van der Waals surface area contributed by atoms with Crippen LogP contribution in [0.4, 0.5) is 0 Å². The molecule has 0 amide bonds. The maximum atomic E-state index is 11.1. The first kappa shape index (κ1) is 12.8. The van der Waals surface area contributed by atoms with E-state index in [-0.39, 0.29) is 11.6 Å². The Kier molecular flexibility index (Phi) is 4.11. The van der Waals surface area contributed by atoms with Gasteiger partial charge in [0.2, 0.25) is 0 Å². The van der Waals surface area contributed by atoms with Crippen molar-refractivity contribution >= 4 is 11.8 Å². The lowest BCUT2D eigenvalue weighted by Gasteiger charge is -2.09. The summed E-state index contributed by atoms with van der Waals surface area (Å²) in [6, 6.07) is 5.58. The third-order valence-corrected chi connectivity index (χ3v) is 3.39. The van der Waals surface area contributed by atoms with Crippen molar-refractivity contribution in [2.45, 2.75) is 23.1 Å². The molecule has 18 heavy (non-hydrogen) atoms. The summed E-state index contributed by atoms with van der Waals surface area (Å²) >= 11 is 1.33. The Morgan fingerprint density at radius 3 is 2.78 bits per heavy atom. The van der Waals surface area contributed by atoms with Crippen LogP contribution in [0.15, 0.2) is 45.6 Å². The minimum absolute atomic E-state index is 0.159. The third-order valence-electron chi connectivity index (χ3n) is 2.54. The normalized spacial score (nSPS) is 12.3. The molecule has 0 aliphatic rings. The molecule has 2 rings (SSSR count). The van der Waals surface area contributed by atoms with E-state index in [4.69, 9.17) is 0 Å². The molecule has 0 fully saturated rings. The molecule has 0 bridgehead atoms. The van der Waals surface area contributed by atoms with Crippen molar-refractivity contribution in [3.8, 4) is 0 Å². The van der Waals surface area contributed by atoms with Gasteiger partial charge in [-0.25, -0.2) is 9.97 Å². The largest absolute Gasteiger partial charge is 0.313 e. The van der Waals surface area contributed by atoms with Gasteiger partial charge < -0.3 is 10.3 Å². The Bertz CT molecular complexity index is 567. The van der Waals surface area contributed by atoms with Crippen LogP contribution in [0.1, 0.15) is 18.5 Å². The van der Waals surface area contributed by atoms with Crippen LogP contribution in [0.3, 0.4) is 0 Å². The van der Waals surface area contributed by atoms with Crippen LogP contribution in [0.5, 0.6) is 0 Å². The van der Waals surface area contributed by atoms with Crippen molar-refractivity contribution in [2.24, 2.45) is 0 Å². The van der Waals surface area contributed by atoms with Crippen molar-refractivity contribution in [3.63, 3.8) is 0 Å². The summed E-state index contributed by atoms with van der Waals surface area (Å²) in [5.41, 5.74) is 0.962. The van der Waals surface area contributed by atoms with E-state index in [1.165, 1.54) is 24.0 Å². The number of hydrogen-bond donors (Lipinski definition) is 2. The molecule has 2 aromatic rings. The lowest BCUT2D eigenvalue weighted by atomic mass is 10.1. The average molecular weight is 262 g/mol. The van der Waals surface area contributed by atoms with Gasteiger partial charge in [0.05, 0.1) is 0 Å². The van der Waals surface area contributed by atoms with Crippen LogP contribution >= 0.6 is 11.8 Å². The van der Waals surface area contributed by atoms with Crippen LogP contribution in [-0.4, -0.2) is 22.0 Å². The molecule has 0 radical (unpaired) electrons. The smallest absolute Gasteiger partial charge is 0.251 e. The summed E-state index contributed by atoms with van der Waals surface area (Å²) in [5, 5.41) is 4.50. The van der Waals surface area contributed by atoms with Gasteiger partial charge in [-0.2, -0.15) is 0 Å². The fraction of sp³-hybridized carbons (Fsp3) is 0.250. The highest BCUT2D eigenvalue weighted by Crippen LogP contribution is 2.22. The minimum atomic E-state index is -0.159. The second-order valence-corrected chi connectivity index (χ2v) is 4.79. The van der Waals surface area contributed by atoms with Crippen LogP contribution in [0, 0.1) is 0 Å². The number of hydrogen-bond acceptors (Lipinski definition) is 5. The van der Waals surface area contributed by atoms with Gasteiger partial charge in [-0.3, -0.25) is 4.79 Å². The van der Waals surface area contributed by atoms with Gasteiger partial charge in [0.25, 0.3) is 5.56 Å². The van der Waals surface area contributed by atoms with Gasteiger partial charge in [-0.05, 0) is 37.4 Å². The minimum Gasteiger partial charge on any atom is -0.313 e. The second kappa shape index (κ2) is 5.79. The van der Waals surface area contributed by atoms with E-state index in [0.717, 1.165) is 10.6 Å². The number of aromatic amines is 1. The standard InChI is InChI=1S/C12H14N4OS/c1-8(13-2)9-3-4-11(15-7-9)18-12-14-6-5-10(17)16-12/h3-8,13H,1-2H3,(H,14,16,17). The van der Waals surface area contributed by atoms with Crippen LogP contribution in [0.2, 0.25) is 0 Å². The second-order valence-electron chi connectivity index (χ2n) is 3.78. The Hall–Kier alpha value is -1.66. The van der Waals surface area contributed by atoms with Crippen molar-refractivity contribution < 1.29 is 0 Å². The zero-order chi connectivity index (χ0) is 13.0. The van der Waals surface area contributed by atoms with Gasteiger partial charge in [-0.1, -0.05) is 6.07 Å². The predicted molar refractivity (Wildman–Crippen MR) is 70.7 cm³/mol. The number of pyridine rings is 1. The molecule has 0 aromatic carbocycles. The number of nitrogens with zero attached hydrogens (tertiary/aromatic N) is 2. The highest BCUT2D eigenvalue weighted by Gasteiger charge is 2.04. The Balaban J connectivity index is 2.13. The first-order valence-corrected chi connectivity index (χ1v) is 6.37. The summed E-state index contributed by atoms with van der Waals surface area (Å²) in [7, 11) is 1.91. The molecule has 2 heterocycles. The van der Waals surface area contributed by atoms with E-state index in [9.17, 15) is 4.79 Å². The molecule has 0 aliphatic heterocycles. The van der Waals surface area contributed by atoms with Gasteiger partial charge in [0, 0.05) is 24.5 Å². The molecule has 2 aromatic heterocycles. The number of aromatic nitrogens is 3. The predicted octanol–water partition coefficient (Wildman–Crippen LogP) is 1.60. The summed E-state index contributed by atoms with van der Waals surface area (Å²) in [6.07, 6.45) is 3.31. The first-order valence-electron chi connectivity index (χ1n) is 5.55. The lowest BCUT2D eigenvalue weighted by molar-refractivity contribution is 0.648. The highest BCUT2D eigenvalue weighted by atomic mass is 32.2. The number of rotatable bonds is 4. The fourth-order valence-corrected chi connectivity index (χ4v) is 2.08. The van der Waals surface area contributed by atoms with E-state index in [1.807, 2.05) is 25.4 Å². The van der Waals surface area contributed by atoms with E-state index >= 15 is 0 Å². The van der Waals surface area contributed by atoms with E-state index in [2.05, 4.69) is 27.2 Å². The Morgan fingerprint density at radius 2 is 2.17 bits per heavy atom. The van der Waals surface area contributed by atoms with Gasteiger partial charge in [0.1, 0.15) is 5.03 Å². The summed E-state index contributed by atoms with van der Waals surface area (Å²) in [6.45, 7) is 2.07. The molecule has 6 heteroatoms. The first-order chi connectivity index (χ1) is 8.69. The zero-order valence-corrected chi connectivity index (χ0v) is 11.0. The van der Waals surface area contributed by atoms with E-state index in [1.54, 1.807) is 0 Å². The topological polar surface area (TPSA) is 70.7 Å². The maximum absolute atomic E-state index is 11.1. The van der Waals surface area contributed by atoms with Crippen LogP contribution < -0.4 is 10.9 Å². The van der Waals surface area contributed by atoms with E-state index in [0.29, 0.717) is 5.16 Å². The SMILES string of the molecule is CNC(C)c1ccc(Sc2nccc(=O)[nH]2)nc1. The maximum Gasteiger partial charge on any atom is 0.251 e. The average Bonchev–Trinajstić information content (AvgIpc) is 2.39. The molecule has 94 valence electrons. The third kappa shape index (κ3) is 3.18. The quantitative estimate of drug-likeness (QED) is 0.819. The fourth-order valence-electron chi connectivity index (χ4n) is 1.38. The summed E-state index contributed by atoms with van der Waals surface area (Å²) < 4.78 is 0. The summed E-state index contributed by atoms with van der Waals surface area (Å²) in [5.74, 6) is 0. The van der Waals surface area contributed by atoms with Crippen molar-refractivity contribution in [1.82, 2.24) is 20.3 Å². The molecule has 0 aliphatic carbocycles. The van der Waals surface area contributed by atoms with E-state index < -0.39 is 0 Å². The highest BCUT2D eigenvalue weighted by molar-refractivity contribution is 7.99. The van der Waals surface area contributed by atoms with Gasteiger partial charge >= 0.3 is 0 Å².